The molecule has 0 saturated carbocycles. The molecule has 14 heavy (non-hydrogen) atoms. The first-order chi connectivity index (χ1) is 6.81. The van der Waals surface area contributed by atoms with Gasteiger partial charge in [0.05, 0.1) is 19.0 Å². The summed E-state index contributed by atoms with van der Waals surface area (Å²) in [5.41, 5.74) is 1.06. The molecule has 0 spiro atoms. The summed E-state index contributed by atoms with van der Waals surface area (Å²) >= 11 is 2.24. The Morgan fingerprint density at radius 2 is 2.29 bits per heavy atom. The summed E-state index contributed by atoms with van der Waals surface area (Å²) in [6.45, 7) is 0. The highest BCUT2D eigenvalue weighted by molar-refractivity contribution is 14.1. The Balaban J connectivity index is 2.47. The molecule has 0 unspecified atom stereocenters. The van der Waals surface area contributed by atoms with Crippen molar-refractivity contribution in [1.29, 1.82) is 0 Å². The first-order valence-electron chi connectivity index (χ1n) is 4.13. The number of imidazole rings is 1. The fourth-order valence-corrected chi connectivity index (χ4v) is 1.79. The highest BCUT2D eigenvalue weighted by Gasteiger charge is 2.01. The molecule has 0 N–H and O–H groups in total. The highest BCUT2D eigenvalue weighted by Crippen LogP contribution is 2.18. The zero-order valence-corrected chi connectivity index (χ0v) is 9.80. The van der Waals surface area contributed by atoms with Gasteiger partial charge in [-0.15, -0.1) is 0 Å². The summed E-state index contributed by atoms with van der Waals surface area (Å²) in [5.74, 6) is 0.854. The van der Waals surface area contributed by atoms with Gasteiger partial charge in [0.2, 0.25) is 0 Å². The number of nitrogens with zero attached hydrogens (tertiary/aromatic N) is 2. The predicted octanol–water partition coefficient (Wildman–Crippen LogP) is 2.49. The van der Waals surface area contributed by atoms with Gasteiger partial charge in [-0.25, -0.2) is 4.98 Å². The molecule has 1 heterocycles. The van der Waals surface area contributed by atoms with Gasteiger partial charge in [-0.3, -0.25) is 4.57 Å². The number of ether oxygens (including phenoxy) is 1. The average Bonchev–Trinajstić information content (AvgIpc) is 2.65. The van der Waals surface area contributed by atoms with Crippen LogP contribution in [-0.4, -0.2) is 16.7 Å². The maximum absolute atomic E-state index is 5.16. The lowest BCUT2D eigenvalue weighted by Gasteiger charge is -2.05. The molecule has 0 fully saturated rings. The molecule has 2 rings (SSSR count). The summed E-state index contributed by atoms with van der Waals surface area (Å²) in [5, 5.41) is 0. The molecule has 3 nitrogen and oxygen atoms in total. The number of aromatic nitrogens is 2. The second-order valence-electron chi connectivity index (χ2n) is 2.79. The highest BCUT2D eigenvalue weighted by atomic mass is 127. The van der Waals surface area contributed by atoms with Crippen LogP contribution in [0.4, 0.5) is 0 Å². The van der Waals surface area contributed by atoms with E-state index in [1.165, 1.54) is 0 Å². The van der Waals surface area contributed by atoms with Crippen LogP contribution in [-0.2, 0) is 0 Å². The topological polar surface area (TPSA) is 27.1 Å². The third-order valence-electron chi connectivity index (χ3n) is 1.92. The Kier molecular flexibility index (Phi) is 2.72. The number of hydrogen-bond donors (Lipinski definition) is 0. The number of rotatable bonds is 2. The molecule has 0 aliphatic carbocycles. The molecule has 0 radical (unpaired) electrons. The van der Waals surface area contributed by atoms with E-state index < -0.39 is 0 Å². The standard InChI is InChI=1S/C10H9IN2O/c1-14-9-4-2-3-8(5-9)13-7-12-6-10(13)11/h2-7H,1H3. The van der Waals surface area contributed by atoms with Crippen LogP contribution in [0, 0.1) is 3.70 Å². The van der Waals surface area contributed by atoms with Crippen molar-refractivity contribution in [1.82, 2.24) is 9.55 Å². The van der Waals surface area contributed by atoms with Crippen molar-refractivity contribution in [3.05, 3.63) is 40.5 Å². The molecule has 0 saturated heterocycles. The molecule has 0 aliphatic heterocycles. The minimum atomic E-state index is 0.854. The van der Waals surface area contributed by atoms with Crippen molar-refractivity contribution in [2.45, 2.75) is 0 Å². The molecule has 1 aromatic carbocycles. The molecule has 72 valence electrons. The number of benzene rings is 1. The Morgan fingerprint density at radius 1 is 1.43 bits per heavy atom. The Hall–Kier alpha value is -1.04. The smallest absolute Gasteiger partial charge is 0.120 e. The van der Waals surface area contributed by atoms with E-state index in [2.05, 4.69) is 27.6 Å². The lowest BCUT2D eigenvalue weighted by atomic mass is 10.3. The summed E-state index contributed by atoms with van der Waals surface area (Å²) in [6.07, 6.45) is 3.61. The molecule has 2 aromatic rings. The number of hydrogen-bond acceptors (Lipinski definition) is 2. The van der Waals surface area contributed by atoms with Gasteiger partial charge in [-0.1, -0.05) is 6.07 Å². The minimum Gasteiger partial charge on any atom is -0.497 e. The molecule has 0 atom stereocenters. The van der Waals surface area contributed by atoms with Crippen molar-refractivity contribution >= 4 is 22.6 Å². The Labute approximate surface area is 95.9 Å². The van der Waals surface area contributed by atoms with Crippen molar-refractivity contribution < 1.29 is 4.74 Å². The van der Waals surface area contributed by atoms with Gasteiger partial charge in [0.1, 0.15) is 15.8 Å². The number of methoxy groups -OCH3 is 1. The van der Waals surface area contributed by atoms with Gasteiger partial charge in [-0.2, -0.15) is 0 Å². The first-order valence-corrected chi connectivity index (χ1v) is 5.21. The van der Waals surface area contributed by atoms with Crippen LogP contribution in [0.3, 0.4) is 0 Å². The maximum atomic E-state index is 5.16. The quantitative estimate of drug-likeness (QED) is 0.797. The average molecular weight is 300 g/mol. The molecule has 1 aromatic heterocycles. The molecule has 0 amide bonds. The van der Waals surface area contributed by atoms with Crippen LogP contribution in [0.5, 0.6) is 5.75 Å². The van der Waals surface area contributed by atoms with E-state index in [9.17, 15) is 0 Å². The SMILES string of the molecule is COc1cccc(-n2cncc2I)c1. The van der Waals surface area contributed by atoms with Crippen molar-refractivity contribution in [3.8, 4) is 11.4 Å². The van der Waals surface area contributed by atoms with Crippen LogP contribution in [0.15, 0.2) is 36.8 Å². The van der Waals surface area contributed by atoms with Gasteiger partial charge in [0.25, 0.3) is 0 Å². The fourth-order valence-electron chi connectivity index (χ4n) is 1.23. The summed E-state index contributed by atoms with van der Waals surface area (Å²) in [4.78, 5) is 4.07. The van der Waals surface area contributed by atoms with Gasteiger partial charge in [-0.05, 0) is 34.7 Å². The lowest BCUT2D eigenvalue weighted by molar-refractivity contribution is 0.414. The molecule has 0 aliphatic rings. The minimum absolute atomic E-state index is 0.854. The van der Waals surface area contributed by atoms with Crippen LogP contribution >= 0.6 is 22.6 Å². The van der Waals surface area contributed by atoms with Crippen molar-refractivity contribution in [2.24, 2.45) is 0 Å². The normalized spacial score (nSPS) is 10.1. The van der Waals surface area contributed by atoms with Gasteiger partial charge >= 0.3 is 0 Å². The largest absolute Gasteiger partial charge is 0.497 e. The van der Waals surface area contributed by atoms with Gasteiger partial charge < -0.3 is 4.74 Å². The van der Waals surface area contributed by atoms with E-state index in [0.717, 1.165) is 15.1 Å². The lowest BCUT2D eigenvalue weighted by Crippen LogP contribution is -1.94. The van der Waals surface area contributed by atoms with Gasteiger partial charge in [0.15, 0.2) is 0 Å². The van der Waals surface area contributed by atoms with Crippen molar-refractivity contribution in [3.63, 3.8) is 0 Å². The van der Waals surface area contributed by atoms with Crippen LogP contribution in [0.2, 0.25) is 0 Å². The monoisotopic (exact) mass is 300 g/mol. The third-order valence-corrected chi connectivity index (χ3v) is 2.72. The zero-order chi connectivity index (χ0) is 9.97. The zero-order valence-electron chi connectivity index (χ0n) is 7.64. The molecule has 4 heteroatoms. The van der Waals surface area contributed by atoms with Crippen molar-refractivity contribution in [2.75, 3.05) is 7.11 Å². The molecular formula is C10H9IN2O. The second-order valence-corrected chi connectivity index (χ2v) is 3.89. The van der Waals surface area contributed by atoms with E-state index in [-0.39, 0.29) is 0 Å². The van der Waals surface area contributed by atoms with Gasteiger partial charge in [0, 0.05) is 6.07 Å². The summed E-state index contributed by atoms with van der Waals surface area (Å²) in [6, 6.07) is 7.88. The first kappa shape index (κ1) is 9.51. The van der Waals surface area contributed by atoms with E-state index in [1.54, 1.807) is 13.4 Å². The molecule has 0 bridgehead atoms. The van der Waals surface area contributed by atoms with Crippen LogP contribution in [0.1, 0.15) is 0 Å². The Morgan fingerprint density at radius 3 is 2.93 bits per heavy atom. The summed E-state index contributed by atoms with van der Waals surface area (Å²) in [7, 11) is 1.66. The second kappa shape index (κ2) is 4.00. The van der Waals surface area contributed by atoms with E-state index >= 15 is 0 Å². The number of halogens is 1. The van der Waals surface area contributed by atoms with E-state index in [1.807, 2.05) is 35.0 Å². The fraction of sp³-hybridized carbons (Fsp3) is 0.100. The third kappa shape index (κ3) is 1.75. The predicted molar refractivity (Wildman–Crippen MR) is 62.8 cm³/mol. The van der Waals surface area contributed by atoms with Crippen LogP contribution in [0.25, 0.3) is 5.69 Å². The van der Waals surface area contributed by atoms with Crippen LogP contribution < -0.4 is 4.74 Å². The maximum Gasteiger partial charge on any atom is 0.120 e. The van der Waals surface area contributed by atoms with E-state index in [0.29, 0.717) is 0 Å². The summed E-state index contributed by atoms with van der Waals surface area (Å²) < 4.78 is 8.24. The van der Waals surface area contributed by atoms with E-state index in [4.69, 9.17) is 4.74 Å². The molecular weight excluding hydrogens is 291 g/mol. The Bertz CT molecular complexity index is 439.